The van der Waals surface area contributed by atoms with Crippen LogP contribution in [0.3, 0.4) is 0 Å². The van der Waals surface area contributed by atoms with Crippen LogP contribution in [0.1, 0.15) is 27.1 Å². The third-order valence-corrected chi connectivity index (χ3v) is 4.95. The first-order valence-electron chi connectivity index (χ1n) is 9.88. The number of para-hydroxylation sites is 1. The number of nitrogens with zero attached hydrogens (tertiary/aromatic N) is 2. The molecular weight excluding hydrogens is 414 g/mol. The first kappa shape index (κ1) is 20.9. The van der Waals surface area contributed by atoms with Gasteiger partial charge in [0.2, 0.25) is 12.6 Å². The zero-order chi connectivity index (χ0) is 22.5. The molecule has 1 aliphatic heterocycles. The van der Waals surface area contributed by atoms with Crippen molar-refractivity contribution in [2.24, 2.45) is 0 Å². The average Bonchev–Trinajstić information content (AvgIpc) is 3.43. The molecule has 4 rings (SSSR count). The fourth-order valence-corrected chi connectivity index (χ4v) is 3.39. The van der Waals surface area contributed by atoms with Crippen LogP contribution in [0.25, 0.3) is 10.9 Å². The molecule has 3 aromatic rings. The van der Waals surface area contributed by atoms with E-state index >= 15 is 0 Å². The van der Waals surface area contributed by atoms with Gasteiger partial charge in [-0.15, -0.1) is 0 Å². The van der Waals surface area contributed by atoms with E-state index in [2.05, 4.69) is 11.4 Å². The number of ketones is 1. The summed E-state index contributed by atoms with van der Waals surface area (Å²) in [5, 5.41) is 12.0. The van der Waals surface area contributed by atoms with Crippen molar-refractivity contribution >= 4 is 28.6 Å². The van der Waals surface area contributed by atoms with Crippen molar-refractivity contribution in [3.8, 4) is 17.6 Å². The number of fused-ring (bicyclic) bond motifs is 2. The van der Waals surface area contributed by atoms with Crippen LogP contribution < -0.4 is 14.8 Å². The Bertz CT molecular complexity index is 1240. The van der Waals surface area contributed by atoms with E-state index in [-0.39, 0.29) is 19.1 Å². The number of hydrogen-bond donors (Lipinski definition) is 1. The van der Waals surface area contributed by atoms with Crippen molar-refractivity contribution in [2.75, 3.05) is 19.9 Å². The van der Waals surface area contributed by atoms with E-state index in [1.807, 2.05) is 22.8 Å². The van der Waals surface area contributed by atoms with E-state index in [4.69, 9.17) is 19.5 Å². The Morgan fingerprint density at radius 1 is 1.12 bits per heavy atom. The van der Waals surface area contributed by atoms with Crippen LogP contribution in [0.4, 0.5) is 0 Å². The number of carbonyl (C=O) groups is 3. The SMILES string of the molecule is N#CCCn1cc(C(=O)COC(=O)CNC(=O)c2ccc3c(c2)OCO3)c2ccccc21. The molecule has 0 unspecified atom stereocenters. The number of ether oxygens (including phenoxy) is 3. The van der Waals surface area contributed by atoms with Gasteiger partial charge in [-0.3, -0.25) is 14.4 Å². The molecule has 9 heteroatoms. The van der Waals surface area contributed by atoms with Crippen LogP contribution in [0.2, 0.25) is 0 Å². The molecule has 1 aliphatic rings. The maximum absolute atomic E-state index is 12.6. The number of aromatic nitrogens is 1. The van der Waals surface area contributed by atoms with Gasteiger partial charge in [-0.05, 0) is 24.3 Å². The minimum atomic E-state index is -0.735. The highest BCUT2D eigenvalue weighted by Crippen LogP contribution is 2.32. The van der Waals surface area contributed by atoms with E-state index in [1.54, 1.807) is 24.4 Å². The molecule has 2 heterocycles. The standard InChI is InChI=1S/C23H19N3O6/c24-8-3-9-26-12-17(16-4-1-2-5-18(16)26)19(27)13-30-22(28)11-25-23(29)15-6-7-20-21(10-15)32-14-31-20/h1-2,4-7,10,12H,3,9,11,13-14H2,(H,25,29). The number of nitriles is 1. The summed E-state index contributed by atoms with van der Waals surface area (Å²) in [6.45, 7) is -0.288. The van der Waals surface area contributed by atoms with E-state index in [9.17, 15) is 14.4 Å². The Labute approximate surface area is 183 Å². The van der Waals surface area contributed by atoms with E-state index < -0.39 is 18.5 Å². The van der Waals surface area contributed by atoms with Gasteiger partial charge in [0.1, 0.15) is 6.54 Å². The van der Waals surface area contributed by atoms with E-state index in [1.165, 1.54) is 6.07 Å². The summed E-state index contributed by atoms with van der Waals surface area (Å²) in [7, 11) is 0. The Morgan fingerprint density at radius 2 is 1.94 bits per heavy atom. The molecule has 9 nitrogen and oxygen atoms in total. The molecule has 0 bridgehead atoms. The molecule has 162 valence electrons. The number of benzene rings is 2. The molecule has 0 atom stereocenters. The molecule has 0 saturated carbocycles. The van der Waals surface area contributed by atoms with Gasteiger partial charge in [-0.1, -0.05) is 18.2 Å². The van der Waals surface area contributed by atoms with Gasteiger partial charge >= 0.3 is 5.97 Å². The first-order chi connectivity index (χ1) is 15.6. The second-order valence-corrected chi connectivity index (χ2v) is 7.00. The summed E-state index contributed by atoms with van der Waals surface area (Å²) in [6, 6.07) is 14.1. The van der Waals surface area contributed by atoms with Crippen molar-refractivity contribution in [2.45, 2.75) is 13.0 Å². The lowest BCUT2D eigenvalue weighted by Gasteiger charge is -2.07. The van der Waals surface area contributed by atoms with Gasteiger partial charge < -0.3 is 24.1 Å². The maximum Gasteiger partial charge on any atom is 0.325 e. The molecule has 2 aromatic carbocycles. The topological polar surface area (TPSA) is 120 Å². The fourth-order valence-electron chi connectivity index (χ4n) is 3.39. The Hall–Kier alpha value is -4.32. The van der Waals surface area contributed by atoms with E-state index in [0.717, 1.165) is 10.9 Å². The van der Waals surface area contributed by atoms with Crippen molar-refractivity contribution in [3.05, 3.63) is 59.8 Å². The number of amides is 1. The lowest BCUT2D eigenvalue weighted by atomic mass is 10.1. The second kappa shape index (κ2) is 9.22. The first-order valence-corrected chi connectivity index (χ1v) is 9.88. The van der Waals surface area contributed by atoms with Crippen LogP contribution >= 0.6 is 0 Å². The summed E-state index contributed by atoms with van der Waals surface area (Å²) in [4.78, 5) is 36.9. The van der Waals surface area contributed by atoms with Crippen LogP contribution in [0.15, 0.2) is 48.7 Å². The summed E-state index contributed by atoms with van der Waals surface area (Å²) >= 11 is 0. The second-order valence-electron chi connectivity index (χ2n) is 7.00. The van der Waals surface area contributed by atoms with Crippen LogP contribution in [0.5, 0.6) is 11.5 Å². The maximum atomic E-state index is 12.6. The minimum absolute atomic E-state index is 0.0950. The van der Waals surface area contributed by atoms with Crippen LogP contribution in [-0.2, 0) is 16.1 Å². The molecule has 1 amide bonds. The largest absolute Gasteiger partial charge is 0.456 e. The number of esters is 1. The van der Waals surface area contributed by atoms with Crippen molar-refractivity contribution in [1.82, 2.24) is 9.88 Å². The third kappa shape index (κ3) is 4.39. The Morgan fingerprint density at radius 3 is 2.78 bits per heavy atom. The highest BCUT2D eigenvalue weighted by Gasteiger charge is 2.19. The molecule has 1 aromatic heterocycles. The van der Waals surface area contributed by atoms with Gasteiger partial charge in [0.25, 0.3) is 5.91 Å². The summed E-state index contributed by atoms with van der Waals surface area (Å²) in [5.74, 6) is -0.576. The predicted octanol–water partition coefficient (Wildman–Crippen LogP) is 2.44. The lowest BCUT2D eigenvalue weighted by Crippen LogP contribution is -2.31. The Balaban J connectivity index is 1.33. The number of carbonyl (C=O) groups excluding carboxylic acids is 3. The van der Waals surface area contributed by atoms with Gasteiger partial charge in [-0.25, -0.2) is 0 Å². The molecule has 32 heavy (non-hydrogen) atoms. The zero-order valence-corrected chi connectivity index (χ0v) is 17.0. The van der Waals surface area contributed by atoms with Crippen molar-refractivity contribution in [1.29, 1.82) is 5.26 Å². The quantitative estimate of drug-likeness (QED) is 0.428. The lowest BCUT2D eigenvalue weighted by molar-refractivity contribution is -0.141. The summed E-state index contributed by atoms with van der Waals surface area (Å²) < 4.78 is 17.3. The summed E-state index contributed by atoms with van der Waals surface area (Å²) in [6.07, 6.45) is 1.98. The van der Waals surface area contributed by atoms with Crippen molar-refractivity contribution < 1.29 is 28.6 Å². The molecule has 0 spiro atoms. The monoisotopic (exact) mass is 433 g/mol. The summed E-state index contributed by atoms with van der Waals surface area (Å²) in [5.41, 5.74) is 1.55. The molecule has 0 saturated heterocycles. The highest BCUT2D eigenvalue weighted by atomic mass is 16.7. The van der Waals surface area contributed by atoms with Gasteiger partial charge in [-0.2, -0.15) is 5.26 Å². The normalized spacial score (nSPS) is 11.7. The van der Waals surface area contributed by atoms with Crippen LogP contribution in [-0.4, -0.2) is 42.2 Å². The zero-order valence-electron chi connectivity index (χ0n) is 17.0. The fraction of sp³-hybridized carbons (Fsp3) is 0.217. The number of aryl methyl sites for hydroxylation is 1. The van der Waals surface area contributed by atoms with Gasteiger partial charge in [0.15, 0.2) is 18.1 Å². The smallest absolute Gasteiger partial charge is 0.325 e. The number of Topliss-reactive ketones (excluding diaryl/α,β-unsaturated/α-hetero) is 1. The van der Waals surface area contributed by atoms with Gasteiger partial charge in [0, 0.05) is 34.8 Å². The average molecular weight is 433 g/mol. The molecule has 0 aliphatic carbocycles. The number of hydrogen-bond acceptors (Lipinski definition) is 7. The predicted molar refractivity (Wildman–Crippen MR) is 112 cm³/mol. The highest BCUT2D eigenvalue weighted by molar-refractivity contribution is 6.09. The Kier molecular flexibility index (Phi) is 6.03. The van der Waals surface area contributed by atoms with E-state index in [0.29, 0.717) is 35.6 Å². The molecular formula is C23H19N3O6. The molecule has 1 N–H and O–H groups in total. The van der Waals surface area contributed by atoms with Crippen molar-refractivity contribution in [3.63, 3.8) is 0 Å². The minimum Gasteiger partial charge on any atom is -0.456 e. The molecule has 0 radical (unpaired) electrons. The van der Waals surface area contributed by atoms with Crippen LogP contribution in [0, 0.1) is 11.3 Å². The third-order valence-electron chi connectivity index (χ3n) is 4.95. The van der Waals surface area contributed by atoms with Gasteiger partial charge in [0.05, 0.1) is 12.5 Å². The number of nitrogens with one attached hydrogen (secondary N) is 1. The number of rotatable bonds is 8. The molecule has 0 fully saturated rings.